The second kappa shape index (κ2) is 8.79. The van der Waals surface area contributed by atoms with Gasteiger partial charge in [-0.3, -0.25) is 9.59 Å². The molecule has 2 fully saturated rings. The van der Waals surface area contributed by atoms with E-state index in [9.17, 15) is 9.59 Å². The van der Waals surface area contributed by atoms with Crippen molar-refractivity contribution in [1.29, 1.82) is 0 Å². The third-order valence-corrected chi connectivity index (χ3v) is 8.43. The van der Waals surface area contributed by atoms with E-state index in [4.69, 9.17) is 23.2 Å². The predicted molar refractivity (Wildman–Crippen MR) is 133 cm³/mol. The van der Waals surface area contributed by atoms with Crippen molar-refractivity contribution in [1.82, 2.24) is 10.6 Å². The molecule has 3 aromatic rings. The van der Waals surface area contributed by atoms with Crippen LogP contribution in [0.4, 0.5) is 0 Å². The van der Waals surface area contributed by atoms with E-state index < -0.39 is 5.54 Å². The second-order valence-electron chi connectivity index (χ2n) is 9.00. The van der Waals surface area contributed by atoms with Gasteiger partial charge < -0.3 is 10.6 Å². The van der Waals surface area contributed by atoms with Crippen molar-refractivity contribution in [3.8, 4) is 0 Å². The van der Waals surface area contributed by atoms with Crippen LogP contribution in [0.15, 0.2) is 59.3 Å². The van der Waals surface area contributed by atoms with Crippen molar-refractivity contribution in [3.05, 3.63) is 91.6 Å². The molecule has 33 heavy (non-hydrogen) atoms. The van der Waals surface area contributed by atoms with Gasteiger partial charge in [-0.25, -0.2) is 0 Å². The number of hydrogen-bond acceptors (Lipinski definition) is 3. The first-order valence-electron chi connectivity index (χ1n) is 11.0. The molecule has 1 saturated heterocycles. The minimum Gasteiger partial charge on any atom is -0.354 e. The number of carbonyl (C=O) groups is 2. The number of halogens is 2. The summed E-state index contributed by atoms with van der Waals surface area (Å²) >= 11 is 14.4. The quantitative estimate of drug-likeness (QED) is 0.467. The lowest BCUT2D eigenvalue weighted by atomic mass is 9.60. The van der Waals surface area contributed by atoms with E-state index in [0.29, 0.717) is 23.6 Å². The number of benzene rings is 2. The number of thiophene rings is 1. The largest absolute Gasteiger partial charge is 0.354 e. The standard InChI is InChI=1S/C26H24Cl2N2O2S/c1-15-2-7-19(22(28)12-15)20-8-10-26(30-24(31)17-9-11-33-14-17)21(13-29-25(26)32)23(20)16-3-5-18(27)6-4-16/h2-7,9,11-12,14,20-21,23H,8,10,13H2,1H3,(H,29,32)(H,30,31)/t20-,21-,23-,26-/m0/s1. The number of amides is 2. The summed E-state index contributed by atoms with van der Waals surface area (Å²) in [6.07, 6.45) is 1.28. The van der Waals surface area contributed by atoms with Gasteiger partial charge in [0.2, 0.25) is 5.91 Å². The zero-order valence-electron chi connectivity index (χ0n) is 18.1. The third-order valence-electron chi connectivity index (χ3n) is 7.17. The van der Waals surface area contributed by atoms with Gasteiger partial charge in [-0.15, -0.1) is 0 Å². The van der Waals surface area contributed by atoms with Crippen LogP contribution in [0, 0.1) is 12.8 Å². The van der Waals surface area contributed by atoms with Gasteiger partial charge in [0.05, 0.1) is 5.56 Å². The molecule has 2 heterocycles. The van der Waals surface area contributed by atoms with E-state index >= 15 is 0 Å². The van der Waals surface area contributed by atoms with Gasteiger partial charge in [-0.2, -0.15) is 11.3 Å². The van der Waals surface area contributed by atoms with E-state index in [0.717, 1.165) is 28.1 Å². The molecule has 2 amide bonds. The van der Waals surface area contributed by atoms with Crippen molar-refractivity contribution >= 4 is 46.4 Å². The fourth-order valence-corrected chi connectivity index (χ4v) is 6.73. The lowest BCUT2D eigenvalue weighted by molar-refractivity contribution is -0.126. The van der Waals surface area contributed by atoms with Crippen molar-refractivity contribution in [2.24, 2.45) is 5.92 Å². The maximum atomic E-state index is 13.3. The molecule has 0 bridgehead atoms. The Bertz CT molecular complexity index is 1200. The molecule has 2 aromatic carbocycles. The van der Waals surface area contributed by atoms with Gasteiger partial charge >= 0.3 is 0 Å². The summed E-state index contributed by atoms with van der Waals surface area (Å²) in [7, 11) is 0. The van der Waals surface area contributed by atoms with Crippen molar-refractivity contribution in [2.75, 3.05) is 6.54 Å². The number of rotatable bonds is 4. The second-order valence-corrected chi connectivity index (χ2v) is 10.6. The average Bonchev–Trinajstić information content (AvgIpc) is 3.44. The van der Waals surface area contributed by atoms with E-state index in [1.807, 2.05) is 48.0 Å². The molecule has 1 aromatic heterocycles. The van der Waals surface area contributed by atoms with Crippen LogP contribution in [0.2, 0.25) is 10.0 Å². The molecule has 5 rings (SSSR count). The molecule has 1 saturated carbocycles. The van der Waals surface area contributed by atoms with Gasteiger partial charge in [0, 0.05) is 27.9 Å². The molecule has 2 N–H and O–H groups in total. The van der Waals surface area contributed by atoms with Gasteiger partial charge in [0.1, 0.15) is 5.54 Å². The Kier molecular flexibility index (Phi) is 5.98. The Hall–Kier alpha value is -2.34. The maximum absolute atomic E-state index is 13.3. The SMILES string of the molecule is Cc1ccc([C@@H]2CC[C@@]3(NC(=O)c4ccsc4)C(=O)NC[C@H]3[C@H]2c2ccc(Cl)cc2)c(Cl)c1. The first-order valence-corrected chi connectivity index (χ1v) is 12.7. The molecule has 170 valence electrons. The monoisotopic (exact) mass is 498 g/mol. The number of fused-ring (bicyclic) bond motifs is 1. The number of aryl methyl sites for hydroxylation is 1. The lowest BCUT2D eigenvalue weighted by Gasteiger charge is -2.46. The van der Waals surface area contributed by atoms with E-state index in [1.54, 1.807) is 6.07 Å². The molecule has 7 heteroatoms. The topological polar surface area (TPSA) is 58.2 Å². The minimum absolute atomic E-state index is 0.0158. The molecule has 4 atom stereocenters. The number of hydrogen-bond donors (Lipinski definition) is 2. The smallest absolute Gasteiger partial charge is 0.252 e. The molecular weight excluding hydrogens is 475 g/mol. The molecule has 1 aliphatic heterocycles. The first-order chi connectivity index (χ1) is 15.9. The van der Waals surface area contributed by atoms with Crippen LogP contribution >= 0.6 is 34.5 Å². The van der Waals surface area contributed by atoms with Crippen LogP contribution in [-0.4, -0.2) is 23.9 Å². The Labute approximate surface area is 207 Å². The zero-order valence-corrected chi connectivity index (χ0v) is 20.4. The zero-order chi connectivity index (χ0) is 23.2. The van der Waals surface area contributed by atoms with Crippen molar-refractivity contribution in [2.45, 2.75) is 37.1 Å². The highest BCUT2D eigenvalue weighted by Crippen LogP contribution is 2.54. The predicted octanol–water partition coefficient (Wildman–Crippen LogP) is 5.94. The molecule has 0 radical (unpaired) electrons. The van der Waals surface area contributed by atoms with Crippen LogP contribution in [0.5, 0.6) is 0 Å². The van der Waals surface area contributed by atoms with E-state index in [1.165, 1.54) is 11.3 Å². The van der Waals surface area contributed by atoms with Crippen LogP contribution < -0.4 is 10.6 Å². The summed E-state index contributed by atoms with van der Waals surface area (Å²) in [6, 6.07) is 15.8. The summed E-state index contributed by atoms with van der Waals surface area (Å²) in [4.78, 5) is 26.3. The van der Waals surface area contributed by atoms with Crippen molar-refractivity contribution < 1.29 is 9.59 Å². The van der Waals surface area contributed by atoms with Crippen molar-refractivity contribution in [3.63, 3.8) is 0 Å². The fourth-order valence-electron chi connectivity index (χ4n) is 5.59. The molecule has 1 aliphatic carbocycles. The Morgan fingerprint density at radius 2 is 1.94 bits per heavy atom. The Morgan fingerprint density at radius 3 is 2.64 bits per heavy atom. The highest BCUT2D eigenvalue weighted by atomic mass is 35.5. The Morgan fingerprint density at radius 1 is 1.15 bits per heavy atom. The summed E-state index contributed by atoms with van der Waals surface area (Å²) in [5.74, 6) is -0.338. The minimum atomic E-state index is -0.961. The average molecular weight is 499 g/mol. The molecule has 4 nitrogen and oxygen atoms in total. The summed E-state index contributed by atoms with van der Waals surface area (Å²) in [5, 5.41) is 11.3. The van der Waals surface area contributed by atoms with E-state index in [-0.39, 0.29) is 29.6 Å². The molecule has 0 spiro atoms. The Balaban J connectivity index is 1.59. The summed E-state index contributed by atoms with van der Waals surface area (Å²) < 4.78 is 0. The lowest BCUT2D eigenvalue weighted by Crippen LogP contribution is -2.60. The highest BCUT2D eigenvalue weighted by molar-refractivity contribution is 7.08. The van der Waals surface area contributed by atoms with Gasteiger partial charge in [0.15, 0.2) is 0 Å². The van der Waals surface area contributed by atoms with Crippen LogP contribution in [0.1, 0.15) is 51.7 Å². The van der Waals surface area contributed by atoms with Crippen LogP contribution in [-0.2, 0) is 4.79 Å². The molecule has 0 unspecified atom stereocenters. The normalized spacial score (nSPS) is 26.5. The van der Waals surface area contributed by atoms with Crippen LogP contribution in [0.25, 0.3) is 0 Å². The molecule has 2 aliphatic rings. The molecular formula is C26H24Cl2N2O2S. The highest BCUT2D eigenvalue weighted by Gasteiger charge is 2.58. The van der Waals surface area contributed by atoms with Gasteiger partial charge in [-0.05, 0) is 77.9 Å². The summed E-state index contributed by atoms with van der Waals surface area (Å²) in [5.41, 5.74) is 2.91. The summed E-state index contributed by atoms with van der Waals surface area (Å²) in [6.45, 7) is 2.52. The van der Waals surface area contributed by atoms with Crippen LogP contribution in [0.3, 0.4) is 0 Å². The van der Waals surface area contributed by atoms with Gasteiger partial charge in [-0.1, -0.05) is 47.5 Å². The fraction of sp³-hybridized carbons (Fsp3) is 0.308. The maximum Gasteiger partial charge on any atom is 0.252 e. The number of nitrogens with one attached hydrogen (secondary N) is 2. The van der Waals surface area contributed by atoms with E-state index in [2.05, 4.69) is 22.8 Å². The van der Waals surface area contributed by atoms with Gasteiger partial charge in [0.25, 0.3) is 5.91 Å². The number of carbonyl (C=O) groups excluding carboxylic acids is 2. The third kappa shape index (κ3) is 3.96. The first kappa shape index (κ1) is 22.5.